The number of nitrogens with two attached hydrogens (primary N) is 1. The second-order valence-electron chi connectivity index (χ2n) is 4.46. The molecular formula is C14H21IN4OS. The van der Waals surface area contributed by atoms with Crippen LogP contribution in [0.2, 0.25) is 0 Å². The van der Waals surface area contributed by atoms with E-state index in [2.05, 4.69) is 15.2 Å². The molecule has 1 fully saturated rings. The maximum Gasteiger partial charge on any atom is 0.251 e. The minimum atomic E-state index is -0.0752. The Bertz CT molecular complexity index is 463. The Morgan fingerprint density at radius 1 is 1.29 bits per heavy atom. The minimum Gasteiger partial charge on any atom is -0.370 e. The standard InChI is InChI=1S/C14H20N4OS.HI/c15-14(18-8-10-20-11-9-18)17-7-6-16-13(19)12-4-2-1-3-5-12;/h1-5H,6-11H2,(H2,15,17)(H,16,19);1H. The van der Waals surface area contributed by atoms with Gasteiger partial charge in [-0.2, -0.15) is 11.8 Å². The quantitative estimate of drug-likeness (QED) is 0.335. The minimum absolute atomic E-state index is 0. The Hall–Kier alpha value is -0.960. The van der Waals surface area contributed by atoms with Gasteiger partial charge >= 0.3 is 0 Å². The van der Waals surface area contributed by atoms with E-state index in [9.17, 15) is 4.79 Å². The summed E-state index contributed by atoms with van der Waals surface area (Å²) in [4.78, 5) is 18.2. The van der Waals surface area contributed by atoms with E-state index in [0.717, 1.165) is 24.6 Å². The molecule has 1 aliphatic rings. The van der Waals surface area contributed by atoms with Gasteiger partial charge in [-0.25, -0.2) is 0 Å². The van der Waals surface area contributed by atoms with Crippen LogP contribution in [0.3, 0.4) is 0 Å². The number of amides is 1. The lowest BCUT2D eigenvalue weighted by molar-refractivity contribution is 0.0955. The highest BCUT2D eigenvalue weighted by Crippen LogP contribution is 2.08. The normalized spacial score (nSPS) is 15.2. The largest absolute Gasteiger partial charge is 0.370 e. The molecule has 7 heteroatoms. The van der Waals surface area contributed by atoms with E-state index < -0.39 is 0 Å². The number of nitrogens with zero attached hydrogens (tertiary/aromatic N) is 2. The van der Waals surface area contributed by atoms with Gasteiger partial charge in [0.1, 0.15) is 0 Å². The first-order valence-electron chi connectivity index (χ1n) is 6.73. The monoisotopic (exact) mass is 420 g/mol. The Labute approximate surface area is 146 Å². The van der Waals surface area contributed by atoms with E-state index in [1.807, 2.05) is 30.0 Å². The van der Waals surface area contributed by atoms with Gasteiger partial charge in [0.2, 0.25) is 0 Å². The van der Waals surface area contributed by atoms with Gasteiger partial charge in [-0.05, 0) is 12.1 Å². The molecule has 1 saturated heterocycles. The fraction of sp³-hybridized carbons (Fsp3) is 0.429. The zero-order valence-electron chi connectivity index (χ0n) is 11.8. The molecule has 0 aromatic heterocycles. The molecule has 3 N–H and O–H groups in total. The number of halogens is 1. The van der Waals surface area contributed by atoms with Crippen molar-refractivity contribution >= 4 is 47.6 Å². The van der Waals surface area contributed by atoms with Gasteiger partial charge in [-0.3, -0.25) is 9.79 Å². The summed E-state index contributed by atoms with van der Waals surface area (Å²) in [5, 5.41) is 2.83. The molecule has 0 spiro atoms. The van der Waals surface area contributed by atoms with E-state index in [4.69, 9.17) is 5.73 Å². The Balaban J connectivity index is 0.00000220. The lowest BCUT2D eigenvalue weighted by Crippen LogP contribution is -2.43. The van der Waals surface area contributed by atoms with Crippen LogP contribution in [0.15, 0.2) is 35.3 Å². The third-order valence-electron chi connectivity index (χ3n) is 3.04. The van der Waals surface area contributed by atoms with Gasteiger partial charge in [0.15, 0.2) is 5.96 Å². The summed E-state index contributed by atoms with van der Waals surface area (Å²) in [6.45, 7) is 2.91. The molecule has 0 bridgehead atoms. The molecule has 1 aromatic rings. The van der Waals surface area contributed by atoms with Crippen LogP contribution in [-0.2, 0) is 0 Å². The summed E-state index contributed by atoms with van der Waals surface area (Å²) in [6, 6.07) is 9.16. The predicted octanol–water partition coefficient (Wildman–Crippen LogP) is 1.40. The van der Waals surface area contributed by atoms with Crippen molar-refractivity contribution in [2.75, 3.05) is 37.7 Å². The Morgan fingerprint density at radius 2 is 1.95 bits per heavy atom. The molecule has 21 heavy (non-hydrogen) atoms. The Kier molecular flexibility index (Phi) is 8.51. The van der Waals surface area contributed by atoms with Gasteiger partial charge in [0, 0.05) is 36.7 Å². The van der Waals surface area contributed by atoms with Crippen molar-refractivity contribution in [2.45, 2.75) is 0 Å². The van der Waals surface area contributed by atoms with Crippen molar-refractivity contribution in [3.05, 3.63) is 35.9 Å². The van der Waals surface area contributed by atoms with E-state index in [1.165, 1.54) is 0 Å². The Morgan fingerprint density at radius 3 is 2.62 bits per heavy atom. The highest BCUT2D eigenvalue weighted by molar-refractivity contribution is 14.0. The lowest BCUT2D eigenvalue weighted by atomic mass is 10.2. The lowest BCUT2D eigenvalue weighted by Gasteiger charge is -2.27. The number of hydrogen-bond acceptors (Lipinski definition) is 3. The number of guanidine groups is 1. The highest BCUT2D eigenvalue weighted by Gasteiger charge is 2.11. The summed E-state index contributed by atoms with van der Waals surface area (Å²) < 4.78 is 0. The zero-order valence-corrected chi connectivity index (χ0v) is 15.0. The first-order valence-corrected chi connectivity index (χ1v) is 7.88. The van der Waals surface area contributed by atoms with Gasteiger partial charge in [0.25, 0.3) is 5.91 Å². The number of benzene rings is 1. The number of carbonyl (C=O) groups is 1. The van der Waals surface area contributed by atoms with Gasteiger partial charge in [0.05, 0.1) is 6.54 Å². The van der Waals surface area contributed by atoms with E-state index >= 15 is 0 Å². The van der Waals surface area contributed by atoms with E-state index in [-0.39, 0.29) is 29.9 Å². The van der Waals surface area contributed by atoms with Crippen LogP contribution in [0, 0.1) is 0 Å². The number of carbonyl (C=O) groups excluding carboxylic acids is 1. The van der Waals surface area contributed by atoms with Crippen LogP contribution < -0.4 is 11.1 Å². The van der Waals surface area contributed by atoms with Crippen LogP contribution in [-0.4, -0.2) is 54.5 Å². The molecule has 1 heterocycles. The summed E-state index contributed by atoms with van der Waals surface area (Å²) in [6.07, 6.45) is 0. The molecule has 0 radical (unpaired) electrons. The predicted molar refractivity (Wildman–Crippen MR) is 99.6 cm³/mol. The maximum absolute atomic E-state index is 11.8. The number of nitrogens with one attached hydrogen (secondary N) is 1. The third-order valence-corrected chi connectivity index (χ3v) is 3.98. The van der Waals surface area contributed by atoms with Crippen LogP contribution in [0.4, 0.5) is 0 Å². The van der Waals surface area contributed by atoms with Crippen molar-refractivity contribution in [2.24, 2.45) is 10.7 Å². The van der Waals surface area contributed by atoms with Crippen LogP contribution >= 0.6 is 35.7 Å². The molecule has 0 saturated carbocycles. The van der Waals surface area contributed by atoms with Crippen molar-refractivity contribution < 1.29 is 4.79 Å². The number of thioether (sulfide) groups is 1. The maximum atomic E-state index is 11.8. The summed E-state index contributed by atoms with van der Waals surface area (Å²) >= 11 is 1.94. The second kappa shape index (κ2) is 9.88. The molecule has 1 aliphatic heterocycles. The highest BCUT2D eigenvalue weighted by atomic mass is 127. The van der Waals surface area contributed by atoms with Gasteiger partial charge in [-0.1, -0.05) is 18.2 Å². The SMILES string of the molecule is I.NC(=NCCNC(=O)c1ccccc1)N1CCSCC1. The average Bonchev–Trinajstić information content (AvgIpc) is 2.53. The molecule has 0 aliphatic carbocycles. The second-order valence-corrected chi connectivity index (χ2v) is 5.69. The van der Waals surface area contributed by atoms with Crippen LogP contribution in [0.5, 0.6) is 0 Å². The first kappa shape index (κ1) is 18.1. The van der Waals surface area contributed by atoms with Crippen molar-refractivity contribution in [1.29, 1.82) is 0 Å². The van der Waals surface area contributed by atoms with Crippen molar-refractivity contribution in [1.82, 2.24) is 10.2 Å². The number of rotatable bonds is 4. The topological polar surface area (TPSA) is 70.7 Å². The number of aliphatic imine (C=N–C) groups is 1. The molecule has 0 atom stereocenters. The smallest absolute Gasteiger partial charge is 0.251 e. The third kappa shape index (κ3) is 6.13. The van der Waals surface area contributed by atoms with Crippen LogP contribution in [0.25, 0.3) is 0 Å². The van der Waals surface area contributed by atoms with Gasteiger partial charge < -0.3 is 16.0 Å². The fourth-order valence-corrected chi connectivity index (χ4v) is 2.83. The molecule has 116 valence electrons. The summed E-state index contributed by atoms with van der Waals surface area (Å²) in [5.74, 6) is 2.70. The van der Waals surface area contributed by atoms with Crippen molar-refractivity contribution in [3.8, 4) is 0 Å². The number of hydrogen-bond donors (Lipinski definition) is 2. The summed E-state index contributed by atoms with van der Waals surface area (Å²) in [5.41, 5.74) is 6.59. The molecule has 1 amide bonds. The van der Waals surface area contributed by atoms with Gasteiger partial charge in [-0.15, -0.1) is 24.0 Å². The first-order chi connectivity index (χ1) is 9.77. The zero-order chi connectivity index (χ0) is 14.2. The molecule has 1 aromatic carbocycles. The molecule has 5 nitrogen and oxygen atoms in total. The van der Waals surface area contributed by atoms with Crippen LogP contribution in [0.1, 0.15) is 10.4 Å². The van der Waals surface area contributed by atoms with E-state index in [1.54, 1.807) is 12.1 Å². The summed E-state index contributed by atoms with van der Waals surface area (Å²) in [7, 11) is 0. The van der Waals surface area contributed by atoms with E-state index in [0.29, 0.717) is 24.6 Å². The molecule has 0 unspecified atom stereocenters. The average molecular weight is 420 g/mol. The fourth-order valence-electron chi connectivity index (χ4n) is 1.92. The molecule has 2 rings (SSSR count). The molecular weight excluding hydrogens is 399 g/mol. The van der Waals surface area contributed by atoms with Crippen molar-refractivity contribution in [3.63, 3.8) is 0 Å².